The first-order chi connectivity index (χ1) is 3.73. The van der Waals surface area contributed by atoms with Gasteiger partial charge in [0.25, 0.3) is 0 Å². The Morgan fingerprint density at radius 2 is 1.44 bits per heavy atom. The number of alkyl halides is 1. The van der Waals surface area contributed by atoms with E-state index in [4.69, 9.17) is 16.7 Å². The number of hydrogen-bond acceptors (Lipinski definition) is 2. The second-order valence-electron chi connectivity index (χ2n) is 2.32. The Bertz CT molecular complexity index is 73.5. The zero-order chi connectivity index (χ0) is 8.08. The van der Waals surface area contributed by atoms with Gasteiger partial charge in [-0.25, -0.2) is 0 Å². The summed E-state index contributed by atoms with van der Waals surface area (Å²) in [5.74, 6) is 0.167. The number of aliphatic hydroxyl groups is 1. The molecule has 3 heteroatoms. The highest BCUT2D eigenvalue weighted by Crippen LogP contribution is 2.03. The van der Waals surface area contributed by atoms with Crippen LogP contribution in [0.1, 0.15) is 27.7 Å². The molecule has 0 aromatic rings. The molecule has 0 saturated carbocycles. The van der Waals surface area contributed by atoms with Gasteiger partial charge in [-0.3, -0.25) is 0 Å². The van der Waals surface area contributed by atoms with E-state index in [1.54, 1.807) is 0 Å². The Hall–Kier alpha value is -0.0800. The maximum atomic E-state index is 9.44. The lowest BCUT2D eigenvalue weighted by Gasteiger charge is -2.01. The van der Waals surface area contributed by atoms with Gasteiger partial charge in [-0.15, -0.1) is 0 Å². The van der Waals surface area contributed by atoms with E-state index in [2.05, 4.69) is 0 Å². The third-order valence-corrected chi connectivity index (χ3v) is 0. The third-order valence-electron chi connectivity index (χ3n) is 0. The van der Waals surface area contributed by atoms with Crippen molar-refractivity contribution in [2.75, 3.05) is 0 Å². The van der Waals surface area contributed by atoms with Crippen LogP contribution in [0.4, 0.5) is 0 Å². The van der Waals surface area contributed by atoms with Crippen molar-refractivity contribution in [2.45, 2.75) is 32.8 Å². The van der Waals surface area contributed by atoms with Gasteiger partial charge in [0.05, 0.1) is 0 Å². The highest BCUT2D eigenvalue weighted by atomic mass is 35.5. The SMILES string of the molecule is CC(C)(O)Cl.CC(C)=O. The van der Waals surface area contributed by atoms with Crippen LogP contribution >= 0.6 is 11.6 Å². The van der Waals surface area contributed by atoms with Gasteiger partial charge in [0.15, 0.2) is 0 Å². The van der Waals surface area contributed by atoms with Gasteiger partial charge >= 0.3 is 0 Å². The zero-order valence-electron chi connectivity index (χ0n) is 6.23. The van der Waals surface area contributed by atoms with Gasteiger partial charge in [0, 0.05) is 0 Å². The maximum absolute atomic E-state index is 9.44. The molecule has 0 spiro atoms. The minimum absolute atomic E-state index is 0.167. The summed E-state index contributed by atoms with van der Waals surface area (Å²) >= 11 is 5.09. The van der Waals surface area contributed by atoms with Crippen molar-refractivity contribution in [3.8, 4) is 0 Å². The van der Waals surface area contributed by atoms with Gasteiger partial charge in [0.1, 0.15) is 10.8 Å². The van der Waals surface area contributed by atoms with Crippen LogP contribution in [0.5, 0.6) is 0 Å². The van der Waals surface area contributed by atoms with E-state index < -0.39 is 5.06 Å². The normalized spacial score (nSPS) is 9.56. The largest absolute Gasteiger partial charge is 0.376 e. The van der Waals surface area contributed by atoms with E-state index >= 15 is 0 Å². The Balaban J connectivity index is 0. The molecule has 0 saturated heterocycles. The summed E-state index contributed by atoms with van der Waals surface area (Å²) in [6, 6.07) is 0. The number of carbonyl (C=O) groups excluding carboxylic acids is 1. The molecule has 2 nitrogen and oxygen atoms in total. The van der Waals surface area contributed by atoms with E-state index in [1.165, 1.54) is 27.7 Å². The van der Waals surface area contributed by atoms with E-state index in [1.807, 2.05) is 0 Å². The fourth-order valence-corrected chi connectivity index (χ4v) is 0. The molecule has 0 aliphatic heterocycles. The molecule has 0 aromatic carbocycles. The fraction of sp³-hybridized carbons (Fsp3) is 0.833. The molecule has 9 heavy (non-hydrogen) atoms. The summed E-state index contributed by atoms with van der Waals surface area (Å²) < 4.78 is 0. The molecular weight excluding hydrogens is 140 g/mol. The highest BCUT2D eigenvalue weighted by molar-refractivity contribution is 6.22. The quantitative estimate of drug-likeness (QED) is 0.535. The molecule has 0 fully saturated rings. The monoisotopic (exact) mass is 152 g/mol. The van der Waals surface area contributed by atoms with E-state index in [0.717, 1.165) is 0 Å². The fourth-order valence-electron chi connectivity index (χ4n) is 0. The summed E-state index contributed by atoms with van der Waals surface area (Å²) in [7, 11) is 0. The number of halogens is 1. The lowest BCUT2D eigenvalue weighted by molar-refractivity contribution is -0.114. The molecule has 0 bridgehead atoms. The average molecular weight is 153 g/mol. The molecule has 0 unspecified atom stereocenters. The van der Waals surface area contributed by atoms with Crippen LogP contribution < -0.4 is 0 Å². The number of Topliss-reactive ketones (excluding diaryl/α,β-unsaturated/α-hetero) is 1. The Kier molecular flexibility index (Phi) is 6.19. The Morgan fingerprint density at radius 3 is 1.44 bits per heavy atom. The minimum Gasteiger partial charge on any atom is -0.376 e. The van der Waals surface area contributed by atoms with Crippen LogP contribution in [0.15, 0.2) is 0 Å². The molecule has 0 rings (SSSR count). The summed E-state index contributed by atoms with van der Waals surface area (Å²) in [5.41, 5.74) is 0. The van der Waals surface area contributed by atoms with Gasteiger partial charge in [-0.2, -0.15) is 0 Å². The number of ketones is 1. The van der Waals surface area contributed by atoms with Crippen molar-refractivity contribution in [1.29, 1.82) is 0 Å². The molecule has 1 N–H and O–H groups in total. The van der Waals surface area contributed by atoms with Crippen LogP contribution in [0.3, 0.4) is 0 Å². The summed E-state index contributed by atoms with van der Waals surface area (Å²) in [4.78, 5) is 9.44. The van der Waals surface area contributed by atoms with Gasteiger partial charge < -0.3 is 9.90 Å². The first-order valence-corrected chi connectivity index (χ1v) is 2.99. The maximum Gasteiger partial charge on any atom is 0.133 e. The Morgan fingerprint density at radius 1 is 1.44 bits per heavy atom. The standard InChI is InChI=1S/C3H7ClO.C3H6O/c1-3(2,4)5;1-3(2)4/h5H,1-2H3;1-2H3. The molecule has 0 aromatic heterocycles. The predicted octanol–water partition coefficient (Wildman–Crippen LogP) is 1.55. The van der Waals surface area contributed by atoms with Gasteiger partial charge in [-0.05, 0) is 27.7 Å². The van der Waals surface area contributed by atoms with Crippen LogP contribution in [-0.4, -0.2) is 16.0 Å². The van der Waals surface area contributed by atoms with Crippen LogP contribution in [0, 0.1) is 0 Å². The molecular formula is C6H13ClO2. The molecule has 0 amide bonds. The summed E-state index contributed by atoms with van der Waals surface area (Å²) in [5, 5.41) is 7.26. The molecule has 0 atom stereocenters. The van der Waals surface area contributed by atoms with Crippen LogP contribution in [-0.2, 0) is 4.79 Å². The average Bonchev–Trinajstić information content (AvgIpc) is 1.19. The number of hydrogen-bond donors (Lipinski definition) is 1. The first kappa shape index (κ1) is 11.7. The topological polar surface area (TPSA) is 37.3 Å². The summed E-state index contributed by atoms with van der Waals surface area (Å²) in [6.07, 6.45) is 0. The lowest BCUT2D eigenvalue weighted by atomic mass is 10.5. The molecule has 0 heterocycles. The molecule has 0 aliphatic carbocycles. The van der Waals surface area contributed by atoms with E-state index in [0.29, 0.717) is 0 Å². The Labute approximate surface area is 60.8 Å². The minimum atomic E-state index is -1.03. The van der Waals surface area contributed by atoms with Crippen molar-refractivity contribution < 1.29 is 9.90 Å². The summed E-state index contributed by atoms with van der Waals surface area (Å²) in [6.45, 7) is 6.07. The van der Waals surface area contributed by atoms with Gasteiger partial charge in [-0.1, -0.05) is 11.6 Å². The molecule has 56 valence electrons. The zero-order valence-corrected chi connectivity index (χ0v) is 6.99. The van der Waals surface area contributed by atoms with E-state index in [-0.39, 0.29) is 5.78 Å². The lowest BCUT2D eigenvalue weighted by Crippen LogP contribution is -2.05. The van der Waals surface area contributed by atoms with Gasteiger partial charge in [0.2, 0.25) is 0 Å². The van der Waals surface area contributed by atoms with Crippen molar-refractivity contribution in [1.82, 2.24) is 0 Å². The third kappa shape index (κ3) is 43400. The smallest absolute Gasteiger partial charge is 0.133 e. The highest BCUT2D eigenvalue weighted by Gasteiger charge is 2.01. The number of rotatable bonds is 0. The molecule has 0 radical (unpaired) electrons. The van der Waals surface area contributed by atoms with Crippen LogP contribution in [0.25, 0.3) is 0 Å². The van der Waals surface area contributed by atoms with Crippen molar-refractivity contribution >= 4 is 17.4 Å². The molecule has 0 aliphatic rings. The van der Waals surface area contributed by atoms with Crippen LogP contribution in [0.2, 0.25) is 0 Å². The predicted molar refractivity (Wildman–Crippen MR) is 38.5 cm³/mol. The van der Waals surface area contributed by atoms with Crippen molar-refractivity contribution in [2.24, 2.45) is 0 Å². The van der Waals surface area contributed by atoms with Crippen molar-refractivity contribution in [3.05, 3.63) is 0 Å². The number of carbonyl (C=O) groups is 1. The second kappa shape index (κ2) is 4.77. The van der Waals surface area contributed by atoms with Crippen molar-refractivity contribution in [3.63, 3.8) is 0 Å². The second-order valence-corrected chi connectivity index (χ2v) is 3.24. The van der Waals surface area contributed by atoms with E-state index in [9.17, 15) is 4.79 Å². The first-order valence-electron chi connectivity index (χ1n) is 2.62.